The smallest absolute Gasteiger partial charge is 0.307 e. The molecule has 126 valence electrons. The molecule has 1 heterocycles. The van der Waals surface area contributed by atoms with E-state index in [2.05, 4.69) is 15.4 Å². The highest BCUT2D eigenvalue weighted by molar-refractivity contribution is 6.30. The lowest BCUT2D eigenvalue weighted by Crippen LogP contribution is -2.40. The van der Waals surface area contributed by atoms with Gasteiger partial charge in [0.05, 0.1) is 24.6 Å². The Bertz CT molecular complexity index is 576. The number of halogens is 2. The number of carbonyl (C=O) groups excluding carboxylic acids is 2. The van der Waals surface area contributed by atoms with Gasteiger partial charge in [0.2, 0.25) is 5.91 Å². The third kappa shape index (κ3) is 4.91. The minimum absolute atomic E-state index is 0.00440. The van der Waals surface area contributed by atoms with E-state index in [-0.39, 0.29) is 23.3 Å². The molecule has 23 heavy (non-hydrogen) atoms. The number of amides is 1. The Morgan fingerprint density at radius 3 is 2.74 bits per heavy atom. The van der Waals surface area contributed by atoms with E-state index >= 15 is 0 Å². The molecule has 0 radical (unpaired) electrons. The zero-order valence-corrected chi connectivity index (χ0v) is 13.7. The van der Waals surface area contributed by atoms with Crippen molar-refractivity contribution in [3.63, 3.8) is 0 Å². The van der Waals surface area contributed by atoms with Gasteiger partial charge in [-0.15, -0.1) is 0 Å². The van der Waals surface area contributed by atoms with Crippen molar-refractivity contribution in [1.29, 1.82) is 0 Å². The number of hydrogen-bond donors (Lipinski definition) is 2. The van der Waals surface area contributed by atoms with Crippen LogP contribution in [-0.4, -0.2) is 32.1 Å². The molecule has 1 aliphatic heterocycles. The van der Waals surface area contributed by atoms with Gasteiger partial charge in [0.15, 0.2) is 0 Å². The highest BCUT2D eigenvalue weighted by atomic mass is 35.5. The van der Waals surface area contributed by atoms with E-state index in [4.69, 9.17) is 11.6 Å². The largest absolute Gasteiger partial charge is 0.469 e. The molecule has 0 aliphatic carbocycles. The standard InChI is InChI=1S/C16H20ClFN2O3/c1-23-15(21)9-14(11-2-3-12(17)13(18)8-11)20-16(22)10-4-6-19-7-5-10/h2-3,8,10,14,19H,4-7,9H2,1H3,(H,20,22). The molecule has 1 aromatic rings. The quantitative estimate of drug-likeness (QED) is 0.805. The van der Waals surface area contributed by atoms with Crippen LogP contribution >= 0.6 is 11.6 Å². The summed E-state index contributed by atoms with van der Waals surface area (Å²) < 4.78 is 18.3. The molecule has 1 amide bonds. The monoisotopic (exact) mass is 342 g/mol. The number of piperidine rings is 1. The fourth-order valence-electron chi connectivity index (χ4n) is 2.61. The van der Waals surface area contributed by atoms with E-state index in [1.54, 1.807) is 6.07 Å². The number of nitrogens with one attached hydrogen (secondary N) is 2. The number of ether oxygens (including phenoxy) is 1. The minimum atomic E-state index is -0.642. The summed E-state index contributed by atoms with van der Waals surface area (Å²) in [5.74, 6) is -1.30. The van der Waals surface area contributed by atoms with Crippen LogP contribution in [0.3, 0.4) is 0 Å². The summed E-state index contributed by atoms with van der Waals surface area (Å²) in [6, 6.07) is 3.60. The third-order valence-electron chi connectivity index (χ3n) is 3.97. The fourth-order valence-corrected chi connectivity index (χ4v) is 2.72. The number of rotatable bonds is 5. The molecule has 1 unspecified atom stereocenters. The van der Waals surface area contributed by atoms with Crippen molar-refractivity contribution >= 4 is 23.5 Å². The predicted molar refractivity (Wildman–Crippen MR) is 84.5 cm³/mol. The first-order chi connectivity index (χ1) is 11.0. The summed E-state index contributed by atoms with van der Waals surface area (Å²) in [5.41, 5.74) is 0.486. The Morgan fingerprint density at radius 1 is 1.43 bits per heavy atom. The molecule has 1 saturated heterocycles. The molecule has 2 N–H and O–H groups in total. The van der Waals surface area contributed by atoms with Crippen LogP contribution in [0.1, 0.15) is 30.9 Å². The van der Waals surface area contributed by atoms with Crippen LogP contribution in [0, 0.1) is 11.7 Å². The second-order valence-corrected chi connectivity index (χ2v) is 5.95. The van der Waals surface area contributed by atoms with Crippen LogP contribution in [-0.2, 0) is 14.3 Å². The highest BCUT2D eigenvalue weighted by Gasteiger charge is 2.26. The molecule has 5 nitrogen and oxygen atoms in total. The number of esters is 1. The van der Waals surface area contributed by atoms with Crippen molar-refractivity contribution in [1.82, 2.24) is 10.6 Å². The van der Waals surface area contributed by atoms with Crippen molar-refractivity contribution in [3.8, 4) is 0 Å². The van der Waals surface area contributed by atoms with E-state index in [0.29, 0.717) is 5.56 Å². The summed E-state index contributed by atoms with van der Waals surface area (Å²) in [6.07, 6.45) is 1.42. The number of methoxy groups -OCH3 is 1. The van der Waals surface area contributed by atoms with Crippen LogP contribution in [0.15, 0.2) is 18.2 Å². The van der Waals surface area contributed by atoms with Crippen LogP contribution in [0.2, 0.25) is 5.02 Å². The van der Waals surface area contributed by atoms with Crippen molar-refractivity contribution in [2.45, 2.75) is 25.3 Å². The van der Waals surface area contributed by atoms with Gasteiger partial charge in [-0.2, -0.15) is 0 Å². The Kier molecular flexibility index (Phi) is 6.36. The van der Waals surface area contributed by atoms with E-state index in [1.165, 1.54) is 19.2 Å². The van der Waals surface area contributed by atoms with Crippen molar-refractivity contribution in [2.75, 3.05) is 20.2 Å². The molecule has 0 bridgehead atoms. The van der Waals surface area contributed by atoms with Gasteiger partial charge in [0.1, 0.15) is 5.82 Å². The van der Waals surface area contributed by atoms with Gasteiger partial charge in [-0.3, -0.25) is 9.59 Å². The number of hydrogen-bond acceptors (Lipinski definition) is 4. The zero-order chi connectivity index (χ0) is 16.8. The highest BCUT2D eigenvalue weighted by Crippen LogP contribution is 2.24. The third-order valence-corrected chi connectivity index (χ3v) is 4.28. The van der Waals surface area contributed by atoms with Crippen LogP contribution in [0.4, 0.5) is 4.39 Å². The Balaban J connectivity index is 2.14. The molecule has 0 spiro atoms. The van der Waals surface area contributed by atoms with Gasteiger partial charge in [0, 0.05) is 5.92 Å². The maximum absolute atomic E-state index is 13.7. The van der Waals surface area contributed by atoms with Crippen molar-refractivity contribution < 1.29 is 18.7 Å². The average molecular weight is 343 g/mol. The van der Waals surface area contributed by atoms with Gasteiger partial charge >= 0.3 is 5.97 Å². The molecule has 0 aromatic heterocycles. The SMILES string of the molecule is COC(=O)CC(NC(=O)C1CCNCC1)c1ccc(Cl)c(F)c1. The lowest BCUT2D eigenvalue weighted by Gasteiger charge is -2.25. The van der Waals surface area contributed by atoms with Crippen LogP contribution < -0.4 is 10.6 Å². The molecule has 2 rings (SSSR count). The van der Waals surface area contributed by atoms with Crippen molar-refractivity contribution in [2.24, 2.45) is 5.92 Å². The van der Waals surface area contributed by atoms with E-state index in [0.717, 1.165) is 25.9 Å². The first kappa shape index (κ1) is 17.7. The predicted octanol–water partition coefficient (Wildman–Crippen LogP) is 2.20. The first-order valence-electron chi connectivity index (χ1n) is 7.54. The maximum atomic E-state index is 13.7. The minimum Gasteiger partial charge on any atom is -0.469 e. The van der Waals surface area contributed by atoms with Gasteiger partial charge < -0.3 is 15.4 Å². The van der Waals surface area contributed by atoms with E-state index in [9.17, 15) is 14.0 Å². The van der Waals surface area contributed by atoms with Gasteiger partial charge in [-0.1, -0.05) is 17.7 Å². The Hall–Kier alpha value is -1.66. The maximum Gasteiger partial charge on any atom is 0.307 e. The summed E-state index contributed by atoms with van der Waals surface area (Å²) >= 11 is 5.68. The zero-order valence-electron chi connectivity index (χ0n) is 12.9. The summed E-state index contributed by atoms with van der Waals surface area (Å²) in [4.78, 5) is 24.0. The topological polar surface area (TPSA) is 67.4 Å². The fraction of sp³-hybridized carbons (Fsp3) is 0.500. The molecule has 1 aromatic carbocycles. The lowest BCUT2D eigenvalue weighted by molar-refractivity contribution is -0.141. The molecule has 1 aliphatic rings. The Morgan fingerprint density at radius 2 is 2.13 bits per heavy atom. The molecule has 0 saturated carbocycles. The number of benzene rings is 1. The van der Waals surface area contributed by atoms with Gasteiger partial charge in [0.25, 0.3) is 0 Å². The first-order valence-corrected chi connectivity index (χ1v) is 7.92. The van der Waals surface area contributed by atoms with Gasteiger partial charge in [-0.25, -0.2) is 4.39 Å². The summed E-state index contributed by atoms with van der Waals surface area (Å²) in [5, 5.41) is 6.02. The molecular formula is C16H20ClFN2O3. The summed E-state index contributed by atoms with van der Waals surface area (Å²) in [7, 11) is 1.27. The van der Waals surface area contributed by atoms with Gasteiger partial charge in [-0.05, 0) is 43.6 Å². The van der Waals surface area contributed by atoms with E-state index in [1.807, 2.05) is 0 Å². The van der Waals surface area contributed by atoms with E-state index < -0.39 is 17.8 Å². The van der Waals surface area contributed by atoms with Crippen LogP contribution in [0.25, 0.3) is 0 Å². The molecule has 1 fully saturated rings. The van der Waals surface area contributed by atoms with Crippen LogP contribution in [0.5, 0.6) is 0 Å². The number of carbonyl (C=O) groups is 2. The molecule has 1 atom stereocenters. The second-order valence-electron chi connectivity index (χ2n) is 5.54. The van der Waals surface area contributed by atoms with Crippen molar-refractivity contribution in [3.05, 3.63) is 34.6 Å². The normalized spacial score (nSPS) is 16.7. The molecule has 7 heteroatoms. The lowest BCUT2D eigenvalue weighted by atomic mass is 9.95. The second kappa shape index (κ2) is 8.26. The average Bonchev–Trinajstić information content (AvgIpc) is 2.57. The summed E-state index contributed by atoms with van der Waals surface area (Å²) in [6.45, 7) is 1.57. The molecular weight excluding hydrogens is 323 g/mol. The Labute approximate surface area is 139 Å².